The molecule has 0 saturated heterocycles. The van der Waals surface area contributed by atoms with Crippen LogP contribution in [0.1, 0.15) is 45.6 Å². The van der Waals surface area contributed by atoms with Crippen LogP contribution >= 0.6 is 0 Å². The first-order valence-electron chi connectivity index (χ1n) is 7.33. The summed E-state index contributed by atoms with van der Waals surface area (Å²) >= 11 is 0. The summed E-state index contributed by atoms with van der Waals surface area (Å²) in [6, 6.07) is 11.1. The molecule has 3 nitrogen and oxygen atoms in total. The van der Waals surface area contributed by atoms with Crippen molar-refractivity contribution in [2.45, 2.75) is 46.1 Å². The molecule has 1 aromatic rings. The lowest BCUT2D eigenvalue weighted by Crippen LogP contribution is -2.57. The number of amides is 1. The van der Waals surface area contributed by atoms with Gasteiger partial charge >= 0.3 is 0 Å². The van der Waals surface area contributed by atoms with Crippen LogP contribution < -0.4 is 11.1 Å². The summed E-state index contributed by atoms with van der Waals surface area (Å²) in [5.74, 6) is 0.333. The molecule has 0 bridgehead atoms. The molecule has 2 rings (SSSR count). The molecule has 1 aliphatic carbocycles. The van der Waals surface area contributed by atoms with Gasteiger partial charge in [0.15, 0.2) is 0 Å². The number of nitrogens with two attached hydrogens (primary N) is 1. The van der Waals surface area contributed by atoms with Crippen molar-refractivity contribution in [2.75, 3.05) is 6.54 Å². The Hall–Kier alpha value is -1.35. The smallest absolute Gasteiger partial charge is 0.224 e. The molecule has 0 unspecified atom stereocenters. The Kier molecular flexibility index (Phi) is 3.92. The lowest BCUT2D eigenvalue weighted by atomic mass is 9.56. The minimum Gasteiger partial charge on any atom is -0.369 e. The van der Waals surface area contributed by atoms with Crippen LogP contribution in [0.5, 0.6) is 0 Å². The van der Waals surface area contributed by atoms with Crippen molar-refractivity contribution >= 4 is 5.91 Å². The van der Waals surface area contributed by atoms with Crippen LogP contribution in [0.25, 0.3) is 0 Å². The Morgan fingerprint density at radius 3 is 2.45 bits per heavy atom. The predicted molar refractivity (Wildman–Crippen MR) is 82.3 cm³/mol. The third-order valence-electron chi connectivity index (χ3n) is 4.93. The summed E-state index contributed by atoms with van der Waals surface area (Å²) in [6.45, 7) is 9.01. The molecule has 1 aromatic carbocycles. The van der Waals surface area contributed by atoms with E-state index in [-0.39, 0.29) is 11.3 Å². The van der Waals surface area contributed by atoms with Crippen LogP contribution in [-0.4, -0.2) is 18.5 Å². The molecule has 3 N–H and O–H groups in total. The summed E-state index contributed by atoms with van der Waals surface area (Å²) in [4.78, 5) is 11.4. The zero-order valence-electron chi connectivity index (χ0n) is 12.9. The first kappa shape index (κ1) is 15.0. The van der Waals surface area contributed by atoms with Crippen molar-refractivity contribution in [3.05, 3.63) is 35.9 Å². The number of carbonyl (C=O) groups is 1. The van der Waals surface area contributed by atoms with E-state index in [0.717, 1.165) is 6.42 Å². The molecule has 110 valence electrons. The summed E-state index contributed by atoms with van der Waals surface area (Å²) in [6.07, 6.45) is 1.12. The van der Waals surface area contributed by atoms with Gasteiger partial charge in [-0.05, 0) is 37.2 Å². The van der Waals surface area contributed by atoms with Crippen LogP contribution in [0.4, 0.5) is 0 Å². The Morgan fingerprint density at radius 2 is 1.95 bits per heavy atom. The highest BCUT2D eigenvalue weighted by Gasteiger charge is 2.48. The van der Waals surface area contributed by atoms with E-state index in [9.17, 15) is 4.79 Å². The SMILES string of the molecule is CC(C)(CN[C@H]1C[C@H](c2ccccc2)C1(C)C)C(N)=O. The van der Waals surface area contributed by atoms with Gasteiger partial charge in [-0.25, -0.2) is 0 Å². The second kappa shape index (κ2) is 5.21. The summed E-state index contributed by atoms with van der Waals surface area (Å²) in [5, 5.41) is 3.53. The maximum Gasteiger partial charge on any atom is 0.224 e. The number of nitrogens with one attached hydrogen (secondary N) is 1. The number of rotatable bonds is 5. The van der Waals surface area contributed by atoms with Crippen LogP contribution in [0.2, 0.25) is 0 Å². The highest BCUT2D eigenvalue weighted by atomic mass is 16.1. The van der Waals surface area contributed by atoms with E-state index in [1.807, 2.05) is 13.8 Å². The fraction of sp³-hybridized carbons (Fsp3) is 0.588. The monoisotopic (exact) mass is 274 g/mol. The summed E-state index contributed by atoms with van der Waals surface area (Å²) in [7, 11) is 0. The maximum atomic E-state index is 11.4. The van der Waals surface area contributed by atoms with Gasteiger partial charge < -0.3 is 11.1 Å². The van der Waals surface area contributed by atoms with Crippen LogP contribution in [0.15, 0.2) is 30.3 Å². The minimum absolute atomic E-state index is 0.203. The van der Waals surface area contributed by atoms with Crippen LogP contribution in [-0.2, 0) is 4.79 Å². The van der Waals surface area contributed by atoms with E-state index in [4.69, 9.17) is 5.73 Å². The molecule has 2 atom stereocenters. The first-order valence-corrected chi connectivity index (χ1v) is 7.33. The fourth-order valence-electron chi connectivity index (χ4n) is 2.99. The van der Waals surface area contributed by atoms with Gasteiger partial charge in [-0.3, -0.25) is 4.79 Å². The second-order valence-electron chi connectivity index (χ2n) is 7.20. The van der Waals surface area contributed by atoms with Gasteiger partial charge in [-0.1, -0.05) is 44.2 Å². The largest absolute Gasteiger partial charge is 0.369 e. The molecule has 0 spiro atoms. The average molecular weight is 274 g/mol. The zero-order valence-corrected chi connectivity index (χ0v) is 12.9. The molecular formula is C17H26N2O. The van der Waals surface area contributed by atoms with Crippen molar-refractivity contribution in [1.82, 2.24) is 5.32 Å². The lowest BCUT2D eigenvalue weighted by molar-refractivity contribution is -0.126. The Labute approximate surface area is 121 Å². The molecule has 1 aliphatic rings. The highest BCUT2D eigenvalue weighted by molar-refractivity contribution is 5.80. The number of primary amides is 1. The summed E-state index contributed by atoms with van der Waals surface area (Å²) < 4.78 is 0. The number of hydrogen-bond acceptors (Lipinski definition) is 2. The normalized spacial score (nSPS) is 25.0. The van der Waals surface area contributed by atoms with Gasteiger partial charge in [-0.2, -0.15) is 0 Å². The van der Waals surface area contributed by atoms with Crippen molar-refractivity contribution in [3.8, 4) is 0 Å². The quantitative estimate of drug-likeness (QED) is 0.867. The molecule has 0 aliphatic heterocycles. The molecule has 3 heteroatoms. The Balaban J connectivity index is 1.97. The average Bonchev–Trinajstić information content (AvgIpc) is 2.38. The van der Waals surface area contributed by atoms with Gasteiger partial charge in [0, 0.05) is 12.6 Å². The van der Waals surface area contributed by atoms with Gasteiger partial charge in [0.2, 0.25) is 5.91 Å². The molecule has 0 heterocycles. The van der Waals surface area contributed by atoms with E-state index in [2.05, 4.69) is 49.5 Å². The molecular weight excluding hydrogens is 248 g/mol. The van der Waals surface area contributed by atoms with Gasteiger partial charge in [0.25, 0.3) is 0 Å². The third kappa shape index (κ3) is 2.73. The number of hydrogen-bond donors (Lipinski definition) is 2. The van der Waals surface area contributed by atoms with Gasteiger partial charge in [0.1, 0.15) is 0 Å². The molecule has 0 aromatic heterocycles. The molecule has 20 heavy (non-hydrogen) atoms. The minimum atomic E-state index is -0.492. The standard InChI is InChI=1S/C17H26N2O/c1-16(2,15(18)20)11-19-14-10-13(17(14,3)4)12-8-6-5-7-9-12/h5-9,13-14,19H,10-11H2,1-4H3,(H2,18,20)/t13-,14+/m1/s1. The van der Waals surface area contributed by atoms with E-state index >= 15 is 0 Å². The Morgan fingerprint density at radius 1 is 1.35 bits per heavy atom. The van der Waals surface area contributed by atoms with Crippen molar-refractivity contribution in [1.29, 1.82) is 0 Å². The summed E-state index contributed by atoms with van der Waals surface area (Å²) in [5.41, 5.74) is 6.54. The zero-order chi connectivity index (χ0) is 15.0. The van der Waals surface area contributed by atoms with Crippen molar-refractivity contribution in [2.24, 2.45) is 16.6 Å². The third-order valence-corrected chi connectivity index (χ3v) is 4.93. The maximum absolute atomic E-state index is 11.4. The Bertz CT molecular complexity index is 479. The predicted octanol–water partition coefficient (Wildman–Crippen LogP) is 2.67. The molecule has 1 amide bonds. The first-order chi connectivity index (χ1) is 9.25. The number of benzene rings is 1. The van der Waals surface area contributed by atoms with E-state index in [1.165, 1.54) is 5.56 Å². The fourth-order valence-corrected chi connectivity index (χ4v) is 2.99. The topological polar surface area (TPSA) is 55.1 Å². The number of carbonyl (C=O) groups excluding carboxylic acids is 1. The van der Waals surface area contributed by atoms with Gasteiger partial charge in [-0.15, -0.1) is 0 Å². The van der Waals surface area contributed by atoms with Crippen molar-refractivity contribution in [3.63, 3.8) is 0 Å². The van der Waals surface area contributed by atoms with Crippen LogP contribution in [0, 0.1) is 10.8 Å². The molecule has 1 saturated carbocycles. The molecule has 1 fully saturated rings. The van der Waals surface area contributed by atoms with E-state index in [0.29, 0.717) is 18.5 Å². The van der Waals surface area contributed by atoms with E-state index < -0.39 is 5.41 Å². The van der Waals surface area contributed by atoms with E-state index in [1.54, 1.807) is 0 Å². The second-order valence-corrected chi connectivity index (χ2v) is 7.20. The van der Waals surface area contributed by atoms with Gasteiger partial charge in [0.05, 0.1) is 5.41 Å². The van der Waals surface area contributed by atoms with Crippen molar-refractivity contribution < 1.29 is 4.79 Å². The highest BCUT2D eigenvalue weighted by Crippen LogP contribution is 2.52. The lowest BCUT2D eigenvalue weighted by Gasteiger charge is -2.53. The van der Waals surface area contributed by atoms with Crippen LogP contribution in [0.3, 0.4) is 0 Å². The molecule has 0 radical (unpaired) electrons.